The van der Waals surface area contributed by atoms with E-state index in [-0.39, 0.29) is 6.61 Å². The SMILES string of the molecule is NC(CO)c1cc2ccccc2nc1Br. The van der Waals surface area contributed by atoms with Crippen LogP contribution < -0.4 is 5.73 Å². The van der Waals surface area contributed by atoms with Crippen molar-refractivity contribution in [3.8, 4) is 0 Å². The Morgan fingerprint density at radius 3 is 2.87 bits per heavy atom. The van der Waals surface area contributed by atoms with Crippen LogP contribution in [-0.4, -0.2) is 16.7 Å². The number of hydrogen-bond acceptors (Lipinski definition) is 3. The summed E-state index contributed by atoms with van der Waals surface area (Å²) in [7, 11) is 0. The highest BCUT2D eigenvalue weighted by atomic mass is 79.9. The maximum absolute atomic E-state index is 9.01. The molecule has 0 radical (unpaired) electrons. The van der Waals surface area contributed by atoms with Gasteiger partial charge in [-0.15, -0.1) is 0 Å². The van der Waals surface area contributed by atoms with Crippen LogP contribution in [0.2, 0.25) is 0 Å². The number of aliphatic hydroxyl groups is 1. The minimum absolute atomic E-state index is 0.0847. The zero-order valence-corrected chi connectivity index (χ0v) is 9.61. The normalized spacial score (nSPS) is 13.0. The number of fused-ring (bicyclic) bond motifs is 1. The second-order valence-electron chi connectivity index (χ2n) is 3.35. The molecule has 3 nitrogen and oxygen atoms in total. The van der Waals surface area contributed by atoms with E-state index in [0.29, 0.717) is 4.60 Å². The Bertz CT molecular complexity index is 487. The van der Waals surface area contributed by atoms with Crippen LogP contribution >= 0.6 is 15.9 Å². The standard InChI is InChI=1S/C11H11BrN2O/c12-11-8(9(13)6-15)5-7-3-1-2-4-10(7)14-11/h1-5,9,15H,6,13H2. The molecular formula is C11H11BrN2O. The van der Waals surface area contributed by atoms with Crippen molar-refractivity contribution in [2.24, 2.45) is 5.73 Å². The Morgan fingerprint density at radius 2 is 2.13 bits per heavy atom. The lowest BCUT2D eigenvalue weighted by molar-refractivity contribution is 0.267. The molecule has 78 valence electrons. The minimum Gasteiger partial charge on any atom is -0.394 e. The smallest absolute Gasteiger partial charge is 0.111 e. The summed E-state index contributed by atoms with van der Waals surface area (Å²) in [6, 6.07) is 9.36. The monoisotopic (exact) mass is 266 g/mol. The van der Waals surface area contributed by atoms with Gasteiger partial charge in [0.05, 0.1) is 18.2 Å². The van der Waals surface area contributed by atoms with Gasteiger partial charge in [-0.2, -0.15) is 0 Å². The van der Waals surface area contributed by atoms with Gasteiger partial charge in [0.2, 0.25) is 0 Å². The van der Waals surface area contributed by atoms with Crippen LogP contribution in [0.4, 0.5) is 0 Å². The predicted octanol–water partition coefficient (Wildman–Crippen LogP) is 1.99. The molecule has 1 atom stereocenters. The lowest BCUT2D eigenvalue weighted by atomic mass is 10.1. The molecule has 1 aromatic heterocycles. The van der Waals surface area contributed by atoms with E-state index >= 15 is 0 Å². The molecule has 15 heavy (non-hydrogen) atoms. The Kier molecular flexibility index (Phi) is 3.00. The van der Waals surface area contributed by atoms with Gasteiger partial charge in [0.25, 0.3) is 0 Å². The van der Waals surface area contributed by atoms with E-state index in [0.717, 1.165) is 16.5 Å². The van der Waals surface area contributed by atoms with Gasteiger partial charge in [0.1, 0.15) is 4.60 Å². The summed E-state index contributed by atoms with van der Waals surface area (Å²) >= 11 is 3.36. The third-order valence-corrected chi connectivity index (χ3v) is 2.94. The van der Waals surface area contributed by atoms with Gasteiger partial charge in [0.15, 0.2) is 0 Å². The molecular weight excluding hydrogens is 256 g/mol. The highest BCUT2D eigenvalue weighted by molar-refractivity contribution is 9.10. The first-order chi connectivity index (χ1) is 7.22. The molecule has 1 aromatic carbocycles. The topological polar surface area (TPSA) is 59.1 Å². The summed E-state index contributed by atoms with van der Waals surface area (Å²) in [5, 5.41) is 10.0. The number of para-hydroxylation sites is 1. The van der Waals surface area contributed by atoms with Gasteiger partial charge >= 0.3 is 0 Å². The first kappa shape index (κ1) is 10.5. The van der Waals surface area contributed by atoms with Crippen LogP contribution in [0.3, 0.4) is 0 Å². The number of nitrogens with zero attached hydrogens (tertiary/aromatic N) is 1. The van der Waals surface area contributed by atoms with Crippen molar-refractivity contribution in [2.45, 2.75) is 6.04 Å². The molecule has 1 unspecified atom stereocenters. The molecule has 0 aliphatic rings. The van der Waals surface area contributed by atoms with Crippen LogP contribution in [0.25, 0.3) is 10.9 Å². The largest absolute Gasteiger partial charge is 0.394 e. The first-order valence-electron chi connectivity index (χ1n) is 4.64. The fourth-order valence-electron chi connectivity index (χ4n) is 1.47. The van der Waals surface area contributed by atoms with Crippen molar-refractivity contribution in [2.75, 3.05) is 6.61 Å². The number of benzene rings is 1. The van der Waals surface area contributed by atoms with Gasteiger partial charge in [0, 0.05) is 10.9 Å². The van der Waals surface area contributed by atoms with Crippen molar-refractivity contribution >= 4 is 26.8 Å². The Morgan fingerprint density at radius 1 is 1.40 bits per heavy atom. The van der Waals surface area contributed by atoms with Crippen molar-refractivity contribution in [3.05, 3.63) is 40.5 Å². The molecule has 2 aromatic rings. The number of aliphatic hydroxyl groups excluding tert-OH is 1. The summed E-state index contributed by atoms with van der Waals surface area (Å²) in [4.78, 5) is 4.37. The van der Waals surface area contributed by atoms with Crippen molar-refractivity contribution in [1.29, 1.82) is 0 Å². The molecule has 0 saturated carbocycles. The molecule has 0 amide bonds. The second kappa shape index (κ2) is 4.26. The summed E-state index contributed by atoms with van der Waals surface area (Å²) in [5.74, 6) is 0. The average Bonchev–Trinajstić information content (AvgIpc) is 2.27. The lowest BCUT2D eigenvalue weighted by Crippen LogP contribution is -2.15. The van der Waals surface area contributed by atoms with Gasteiger partial charge < -0.3 is 10.8 Å². The van der Waals surface area contributed by atoms with E-state index in [1.807, 2.05) is 30.3 Å². The average molecular weight is 267 g/mol. The maximum atomic E-state index is 9.01. The van der Waals surface area contributed by atoms with Gasteiger partial charge in [-0.3, -0.25) is 0 Å². The third-order valence-electron chi connectivity index (χ3n) is 2.30. The number of hydrogen-bond donors (Lipinski definition) is 2. The fraction of sp³-hybridized carbons (Fsp3) is 0.182. The van der Waals surface area contributed by atoms with Gasteiger partial charge in [-0.25, -0.2) is 4.98 Å². The van der Waals surface area contributed by atoms with Crippen LogP contribution in [-0.2, 0) is 0 Å². The van der Waals surface area contributed by atoms with E-state index < -0.39 is 6.04 Å². The maximum Gasteiger partial charge on any atom is 0.111 e. The molecule has 0 aliphatic carbocycles. The molecule has 0 bridgehead atoms. The van der Waals surface area contributed by atoms with E-state index in [9.17, 15) is 0 Å². The highest BCUT2D eigenvalue weighted by Crippen LogP contribution is 2.24. The van der Waals surface area contributed by atoms with E-state index in [1.54, 1.807) is 0 Å². The highest BCUT2D eigenvalue weighted by Gasteiger charge is 2.10. The molecule has 1 heterocycles. The van der Waals surface area contributed by atoms with Crippen LogP contribution in [0.1, 0.15) is 11.6 Å². The van der Waals surface area contributed by atoms with Gasteiger partial charge in [-0.05, 0) is 28.1 Å². The van der Waals surface area contributed by atoms with Crippen molar-refractivity contribution < 1.29 is 5.11 Å². The second-order valence-corrected chi connectivity index (χ2v) is 4.10. The molecule has 0 saturated heterocycles. The Hall–Kier alpha value is -0.970. The number of aromatic nitrogens is 1. The number of nitrogens with two attached hydrogens (primary N) is 1. The molecule has 0 fully saturated rings. The summed E-state index contributed by atoms with van der Waals surface area (Å²) in [5.41, 5.74) is 7.51. The fourth-order valence-corrected chi connectivity index (χ4v) is 2.07. The molecule has 0 aliphatic heterocycles. The predicted molar refractivity (Wildman–Crippen MR) is 63.5 cm³/mol. The summed E-state index contributed by atoms with van der Waals surface area (Å²) in [6.07, 6.45) is 0. The Labute approximate surface area is 96.1 Å². The quantitative estimate of drug-likeness (QED) is 0.818. The zero-order chi connectivity index (χ0) is 10.8. The van der Waals surface area contributed by atoms with Crippen LogP contribution in [0.15, 0.2) is 34.9 Å². The molecule has 3 N–H and O–H groups in total. The zero-order valence-electron chi connectivity index (χ0n) is 8.02. The van der Waals surface area contributed by atoms with E-state index in [1.165, 1.54) is 0 Å². The Balaban J connectivity index is 2.61. The van der Waals surface area contributed by atoms with Crippen molar-refractivity contribution in [3.63, 3.8) is 0 Å². The van der Waals surface area contributed by atoms with Crippen LogP contribution in [0, 0.1) is 0 Å². The summed E-state index contributed by atoms with van der Waals surface area (Å²) in [6.45, 7) is -0.0847. The summed E-state index contributed by atoms with van der Waals surface area (Å²) < 4.78 is 0.697. The van der Waals surface area contributed by atoms with E-state index in [2.05, 4.69) is 20.9 Å². The first-order valence-corrected chi connectivity index (χ1v) is 5.43. The number of pyridine rings is 1. The third kappa shape index (κ3) is 2.02. The lowest BCUT2D eigenvalue weighted by Gasteiger charge is -2.11. The van der Waals surface area contributed by atoms with Gasteiger partial charge in [-0.1, -0.05) is 18.2 Å². The van der Waals surface area contributed by atoms with Crippen LogP contribution in [0.5, 0.6) is 0 Å². The number of rotatable bonds is 2. The number of halogens is 1. The van der Waals surface area contributed by atoms with E-state index in [4.69, 9.17) is 10.8 Å². The molecule has 2 rings (SSSR count). The molecule has 0 spiro atoms. The molecule has 4 heteroatoms. The van der Waals surface area contributed by atoms with Crippen molar-refractivity contribution in [1.82, 2.24) is 4.98 Å². The minimum atomic E-state index is -0.392.